The number of ether oxygens (including phenoxy) is 2. The number of rotatable bonds is 9. The number of hydrogen-bond acceptors (Lipinski definition) is 4. The summed E-state index contributed by atoms with van der Waals surface area (Å²) >= 11 is 0. The van der Waals surface area contributed by atoms with Crippen LogP contribution in [0.1, 0.15) is 41.3 Å². The van der Waals surface area contributed by atoms with Gasteiger partial charge in [0.05, 0.1) is 41.7 Å². The third kappa shape index (κ3) is 5.60. The Balaban J connectivity index is 1.45. The number of halogens is 3. The molecule has 0 saturated carbocycles. The number of unbranched alkanes of at least 4 members (excludes halogenated alkanes) is 1. The smallest absolute Gasteiger partial charge is 0.416 e. The van der Waals surface area contributed by atoms with E-state index in [-0.39, 0.29) is 12.6 Å². The summed E-state index contributed by atoms with van der Waals surface area (Å²) in [7, 11) is 0. The molecular formula is C22H23F3N2O3. The van der Waals surface area contributed by atoms with Crippen molar-refractivity contribution in [2.75, 3.05) is 13.2 Å². The van der Waals surface area contributed by atoms with Crippen molar-refractivity contribution in [3.8, 4) is 0 Å². The second-order valence-electron chi connectivity index (χ2n) is 6.82. The van der Waals surface area contributed by atoms with Crippen LogP contribution in [0.3, 0.4) is 0 Å². The van der Waals surface area contributed by atoms with E-state index in [2.05, 4.69) is 4.98 Å². The van der Waals surface area contributed by atoms with Gasteiger partial charge >= 0.3 is 12.1 Å². The van der Waals surface area contributed by atoms with E-state index in [1.807, 2.05) is 4.57 Å². The second-order valence-corrected chi connectivity index (χ2v) is 6.82. The summed E-state index contributed by atoms with van der Waals surface area (Å²) in [5.74, 6) is -0.358. The summed E-state index contributed by atoms with van der Waals surface area (Å²) in [6.07, 6.45) is -0.962. The number of fused-ring (bicyclic) bond motifs is 1. The van der Waals surface area contributed by atoms with Gasteiger partial charge in [-0.3, -0.25) is 0 Å². The fourth-order valence-electron chi connectivity index (χ4n) is 3.04. The van der Waals surface area contributed by atoms with Crippen LogP contribution >= 0.6 is 0 Å². The summed E-state index contributed by atoms with van der Waals surface area (Å²) < 4.78 is 50.3. The number of carbonyl (C=O) groups is 1. The third-order valence-corrected chi connectivity index (χ3v) is 4.62. The Bertz CT molecular complexity index is 981. The number of alkyl halides is 3. The van der Waals surface area contributed by atoms with E-state index in [4.69, 9.17) is 9.47 Å². The first-order valence-corrected chi connectivity index (χ1v) is 9.74. The molecule has 1 heterocycles. The predicted octanol–water partition coefficient (Wildman–Crippen LogP) is 5.23. The van der Waals surface area contributed by atoms with Crippen molar-refractivity contribution in [1.29, 1.82) is 0 Å². The maximum atomic E-state index is 12.6. The molecule has 0 atom stereocenters. The van der Waals surface area contributed by atoms with Crippen LogP contribution in [0, 0.1) is 0 Å². The van der Waals surface area contributed by atoms with Crippen molar-refractivity contribution in [3.63, 3.8) is 0 Å². The molecule has 30 heavy (non-hydrogen) atoms. The van der Waals surface area contributed by atoms with E-state index in [1.165, 1.54) is 12.1 Å². The van der Waals surface area contributed by atoms with Crippen LogP contribution in [0.25, 0.3) is 11.0 Å². The molecule has 0 saturated heterocycles. The summed E-state index contributed by atoms with van der Waals surface area (Å²) in [5.41, 5.74) is 2.21. The van der Waals surface area contributed by atoms with Crippen LogP contribution in [-0.2, 0) is 28.8 Å². The highest BCUT2D eigenvalue weighted by Crippen LogP contribution is 2.29. The van der Waals surface area contributed by atoms with Gasteiger partial charge in [-0.15, -0.1) is 0 Å². The molecule has 160 valence electrons. The maximum absolute atomic E-state index is 12.6. The third-order valence-electron chi connectivity index (χ3n) is 4.62. The Hall–Kier alpha value is -2.87. The molecule has 0 spiro atoms. The molecule has 0 N–H and O–H groups in total. The zero-order valence-electron chi connectivity index (χ0n) is 16.6. The van der Waals surface area contributed by atoms with Crippen molar-refractivity contribution in [2.45, 2.75) is 39.1 Å². The van der Waals surface area contributed by atoms with E-state index in [0.29, 0.717) is 30.9 Å². The number of imidazole rings is 1. The van der Waals surface area contributed by atoms with Gasteiger partial charge in [-0.25, -0.2) is 9.78 Å². The monoisotopic (exact) mass is 420 g/mol. The van der Waals surface area contributed by atoms with Gasteiger partial charge in [-0.1, -0.05) is 12.1 Å². The van der Waals surface area contributed by atoms with Crippen molar-refractivity contribution in [2.24, 2.45) is 0 Å². The number of hydrogen-bond donors (Lipinski definition) is 0. The van der Waals surface area contributed by atoms with Crippen LogP contribution in [-0.4, -0.2) is 28.7 Å². The zero-order valence-corrected chi connectivity index (χ0v) is 16.6. The average Bonchev–Trinajstić information content (AvgIpc) is 3.12. The Morgan fingerprint density at radius 3 is 2.57 bits per heavy atom. The van der Waals surface area contributed by atoms with E-state index in [9.17, 15) is 18.0 Å². The van der Waals surface area contributed by atoms with Crippen molar-refractivity contribution in [1.82, 2.24) is 9.55 Å². The number of benzene rings is 2. The number of aryl methyl sites for hydroxylation is 1. The molecule has 0 radical (unpaired) electrons. The molecule has 3 rings (SSSR count). The molecule has 0 aliphatic carbocycles. The molecule has 0 unspecified atom stereocenters. The topological polar surface area (TPSA) is 53.3 Å². The first kappa shape index (κ1) is 21.8. The minimum Gasteiger partial charge on any atom is -0.462 e. The molecule has 0 aliphatic heterocycles. The molecule has 2 aromatic carbocycles. The Morgan fingerprint density at radius 1 is 1.10 bits per heavy atom. The lowest BCUT2D eigenvalue weighted by Crippen LogP contribution is -2.05. The average molecular weight is 420 g/mol. The minimum atomic E-state index is -4.33. The fourth-order valence-corrected chi connectivity index (χ4v) is 3.04. The Kier molecular flexibility index (Phi) is 7.10. The van der Waals surface area contributed by atoms with E-state index in [1.54, 1.807) is 31.5 Å². The number of carbonyl (C=O) groups excluding carboxylic acids is 1. The first-order valence-electron chi connectivity index (χ1n) is 9.74. The number of esters is 1. The molecular weight excluding hydrogens is 397 g/mol. The van der Waals surface area contributed by atoms with Crippen LogP contribution in [0.4, 0.5) is 13.2 Å². The van der Waals surface area contributed by atoms with Crippen molar-refractivity contribution >= 4 is 17.0 Å². The van der Waals surface area contributed by atoms with Crippen LogP contribution in [0.2, 0.25) is 0 Å². The standard InChI is InChI=1S/C22H23F3N2O3/c1-2-30-21(28)17-7-10-19-20(13-17)27(15-26-19)11-3-4-12-29-14-16-5-8-18(9-6-16)22(23,24)25/h5-10,13,15H,2-4,11-12,14H2,1H3. The van der Waals surface area contributed by atoms with Gasteiger partial charge in [0.2, 0.25) is 0 Å². The molecule has 0 fully saturated rings. The van der Waals surface area contributed by atoms with E-state index < -0.39 is 11.7 Å². The highest BCUT2D eigenvalue weighted by Gasteiger charge is 2.29. The number of aromatic nitrogens is 2. The maximum Gasteiger partial charge on any atom is 0.416 e. The van der Waals surface area contributed by atoms with Crippen molar-refractivity contribution < 1.29 is 27.4 Å². The van der Waals surface area contributed by atoms with Gasteiger partial charge in [0.25, 0.3) is 0 Å². The summed E-state index contributed by atoms with van der Waals surface area (Å²) in [5, 5.41) is 0. The lowest BCUT2D eigenvalue weighted by molar-refractivity contribution is -0.137. The molecule has 0 bridgehead atoms. The molecule has 0 amide bonds. The van der Waals surface area contributed by atoms with Crippen molar-refractivity contribution in [3.05, 3.63) is 65.5 Å². The van der Waals surface area contributed by atoms with Crippen LogP contribution in [0.5, 0.6) is 0 Å². The lowest BCUT2D eigenvalue weighted by atomic mass is 10.1. The van der Waals surface area contributed by atoms with Crippen LogP contribution in [0.15, 0.2) is 48.8 Å². The van der Waals surface area contributed by atoms with Gasteiger partial charge in [0.15, 0.2) is 0 Å². The van der Waals surface area contributed by atoms with Gasteiger partial charge in [0, 0.05) is 13.2 Å². The molecule has 0 aliphatic rings. The number of nitrogens with zero attached hydrogens (tertiary/aromatic N) is 2. The predicted molar refractivity (Wildman–Crippen MR) is 106 cm³/mol. The fraction of sp³-hybridized carbons (Fsp3) is 0.364. The van der Waals surface area contributed by atoms with Gasteiger partial charge in [-0.05, 0) is 55.7 Å². The second kappa shape index (κ2) is 9.75. The quantitative estimate of drug-likeness (QED) is 0.351. The SMILES string of the molecule is CCOC(=O)c1ccc2ncn(CCCCOCc3ccc(C(F)(F)F)cc3)c2c1. The van der Waals surface area contributed by atoms with E-state index >= 15 is 0 Å². The molecule has 5 nitrogen and oxygen atoms in total. The van der Waals surface area contributed by atoms with Crippen LogP contribution < -0.4 is 0 Å². The molecule has 1 aromatic heterocycles. The Labute approximate surface area is 172 Å². The van der Waals surface area contributed by atoms with Gasteiger partial charge in [-0.2, -0.15) is 13.2 Å². The van der Waals surface area contributed by atoms with Gasteiger partial charge in [0.1, 0.15) is 0 Å². The first-order chi connectivity index (χ1) is 14.4. The van der Waals surface area contributed by atoms with E-state index in [0.717, 1.165) is 36.0 Å². The molecule has 3 aromatic rings. The normalized spacial score (nSPS) is 11.7. The lowest BCUT2D eigenvalue weighted by Gasteiger charge is -2.09. The Morgan fingerprint density at radius 2 is 1.87 bits per heavy atom. The molecule has 8 heteroatoms. The zero-order chi connectivity index (χ0) is 21.6. The summed E-state index contributed by atoms with van der Waals surface area (Å²) in [6.45, 7) is 3.58. The minimum absolute atomic E-state index is 0.273. The highest BCUT2D eigenvalue weighted by atomic mass is 19.4. The largest absolute Gasteiger partial charge is 0.462 e. The summed E-state index contributed by atoms with van der Waals surface area (Å²) in [6, 6.07) is 10.3. The highest BCUT2D eigenvalue weighted by molar-refractivity contribution is 5.93. The summed E-state index contributed by atoms with van der Waals surface area (Å²) in [4.78, 5) is 16.3. The van der Waals surface area contributed by atoms with Gasteiger partial charge < -0.3 is 14.0 Å².